The van der Waals surface area contributed by atoms with Crippen molar-refractivity contribution in [1.29, 1.82) is 0 Å². The lowest BCUT2D eigenvalue weighted by Gasteiger charge is -2.49. The van der Waals surface area contributed by atoms with Crippen LogP contribution in [-0.4, -0.2) is 59.0 Å². The van der Waals surface area contributed by atoms with Gasteiger partial charge in [0.25, 0.3) is 11.8 Å². The zero-order valence-corrected chi connectivity index (χ0v) is 21.0. The summed E-state index contributed by atoms with van der Waals surface area (Å²) in [6, 6.07) is 7.96. The molecule has 40 heavy (non-hydrogen) atoms. The Kier molecular flexibility index (Phi) is 5.44. The maximum Gasteiger partial charge on any atom is 0.278 e. The van der Waals surface area contributed by atoms with Crippen molar-refractivity contribution in [3.63, 3.8) is 0 Å². The SMILES string of the molecule is O=C1c2c(O)c(=O)ccn2N[C@@H]2C(c3cccc4c3Cc3ccc(F)c(F)c3C3COCCN43)C(F)(F)CCN12. The van der Waals surface area contributed by atoms with E-state index in [0.717, 1.165) is 16.8 Å². The van der Waals surface area contributed by atoms with Crippen molar-refractivity contribution in [1.82, 2.24) is 9.58 Å². The molecule has 3 atom stereocenters. The first kappa shape index (κ1) is 24.9. The highest BCUT2D eigenvalue weighted by molar-refractivity contribution is 5.96. The highest BCUT2D eigenvalue weighted by Gasteiger charge is 2.55. The fourth-order valence-corrected chi connectivity index (χ4v) is 6.65. The van der Waals surface area contributed by atoms with E-state index in [9.17, 15) is 19.1 Å². The molecule has 2 unspecified atom stereocenters. The second kappa shape index (κ2) is 8.72. The number of benzene rings is 2. The number of rotatable bonds is 1. The molecule has 8 nitrogen and oxygen atoms in total. The van der Waals surface area contributed by atoms with Crippen LogP contribution in [0.2, 0.25) is 0 Å². The maximum absolute atomic E-state index is 16.0. The second-order valence-corrected chi connectivity index (χ2v) is 10.5. The largest absolute Gasteiger partial charge is 0.502 e. The fraction of sp³-hybridized carbons (Fsp3) is 0.357. The van der Waals surface area contributed by atoms with Crippen molar-refractivity contribution >= 4 is 11.6 Å². The second-order valence-electron chi connectivity index (χ2n) is 10.5. The van der Waals surface area contributed by atoms with Gasteiger partial charge in [0.15, 0.2) is 23.1 Å². The number of aromatic hydroxyl groups is 1. The van der Waals surface area contributed by atoms with E-state index in [0.29, 0.717) is 30.0 Å². The van der Waals surface area contributed by atoms with E-state index in [2.05, 4.69) is 5.43 Å². The van der Waals surface area contributed by atoms with Crippen LogP contribution in [-0.2, 0) is 11.2 Å². The lowest BCUT2D eigenvalue weighted by molar-refractivity contribution is -0.0905. The predicted octanol–water partition coefficient (Wildman–Crippen LogP) is 3.46. The smallest absolute Gasteiger partial charge is 0.278 e. The molecule has 2 fully saturated rings. The summed E-state index contributed by atoms with van der Waals surface area (Å²) in [5.74, 6) is -8.25. The van der Waals surface area contributed by atoms with Gasteiger partial charge in [-0.2, -0.15) is 0 Å². The predicted molar refractivity (Wildman–Crippen MR) is 135 cm³/mol. The minimum Gasteiger partial charge on any atom is -0.502 e. The summed E-state index contributed by atoms with van der Waals surface area (Å²) in [6.45, 7) is 0.499. The van der Waals surface area contributed by atoms with E-state index >= 15 is 13.2 Å². The summed E-state index contributed by atoms with van der Waals surface area (Å²) in [7, 11) is 0. The fourth-order valence-electron chi connectivity index (χ4n) is 6.65. The lowest BCUT2D eigenvalue weighted by Crippen LogP contribution is -2.63. The van der Waals surface area contributed by atoms with Gasteiger partial charge >= 0.3 is 0 Å². The number of fused-ring (bicyclic) bond motifs is 7. The number of anilines is 1. The first-order valence-electron chi connectivity index (χ1n) is 13.0. The first-order chi connectivity index (χ1) is 19.2. The molecule has 3 aromatic rings. The number of alkyl halides is 2. The van der Waals surface area contributed by atoms with Crippen LogP contribution in [0.25, 0.3) is 0 Å². The number of aromatic nitrogens is 1. The van der Waals surface area contributed by atoms with E-state index in [-0.39, 0.29) is 36.4 Å². The van der Waals surface area contributed by atoms with Gasteiger partial charge in [-0.3, -0.25) is 14.3 Å². The molecule has 208 valence electrons. The summed E-state index contributed by atoms with van der Waals surface area (Å²) >= 11 is 0. The molecule has 2 aromatic carbocycles. The standard InChI is InChI=1S/C28H24F4N4O4/c29-17-5-4-14-12-16-15(2-1-3-18(16)34-10-11-40-13-19(34)21(14)23(17)30)22-26-33-36-8-6-20(37)25(38)24(36)27(39)35(26)9-7-28(22,31)32/h1-6,8,19,22,26,33,38H,7,9-13H2/t19?,22?,26-/m0/s1. The van der Waals surface area contributed by atoms with Crippen LogP contribution in [0, 0.1) is 11.6 Å². The van der Waals surface area contributed by atoms with Crippen LogP contribution in [0.3, 0.4) is 0 Å². The third kappa shape index (κ3) is 3.48. The molecular weight excluding hydrogens is 532 g/mol. The number of nitrogens with one attached hydrogen (secondary N) is 1. The highest BCUT2D eigenvalue weighted by atomic mass is 19.3. The third-order valence-corrected chi connectivity index (χ3v) is 8.48. The topological polar surface area (TPSA) is 87.0 Å². The monoisotopic (exact) mass is 556 g/mol. The van der Waals surface area contributed by atoms with Gasteiger partial charge in [0.05, 0.1) is 25.2 Å². The summed E-state index contributed by atoms with van der Waals surface area (Å²) in [4.78, 5) is 28.5. The van der Waals surface area contributed by atoms with E-state index < -0.39 is 59.2 Å². The summed E-state index contributed by atoms with van der Waals surface area (Å²) in [5, 5.41) is 10.3. The average molecular weight is 557 g/mol. The molecule has 0 spiro atoms. The quantitative estimate of drug-likeness (QED) is 0.447. The van der Waals surface area contributed by atoms with Gasteiger partial charge in [-0.05, 0) is 28.8 Å². The van der Waals surface area contributed by atoms with Gasteiger partial charge < -0.3 is 25.1 Å². The number of pyridine rings is 1. The van der Waals surface area contributed by atoms with Gasteiger partial charge in [-0.1, -0.05) is 18.2 Å². The summed E-state index contributed by atoms with van der Waals surface area (Å²) in [5.41, 5.74) is 3.90. The molecule has 2 saturated heterocycles. The van der Waals surface area contributed by atoms with Crippen LogP contribution >= 0.6 is 0 Å². The van der Waals surface area contributed by atoms with Crippen LogP contribution in [0.1, 0.15) is 51.1 Å². The molecular formula is C28H24F4N4O4. The number of carbonyl (C=O) groups is 1. The van der Waals surface area contributed by atoms with Gasteiger partial charge in [-0.25, -0.2) is 17.6 Å². The Morgan fingerprint density at radius 3 is 2.70 bits per heavy atom. The number of hydrogen-bond acceptors (Lipinski definition) is 6. The van der Waals surface area contributed by atoms with Crippen LogP contribution in [0.4, 0.5) is 23.2 Å². The summed E-state index contributed by atoms with van der Waals surface area (Å²) in [6.07, 6.45) is -0.555. The Bertz CT molecular complexity index is 1630. The van der Waals surface area contributed by atoms with Crippen molar-refractivity contribution in [3.05, 3.63) is 92.4 Å². The van der Waals surface area contributed by atoms with Crippen molar-refractivity contribution < 1.29 is 32.2 Å². The minimum absolute atomic E-state index is 0.0718. The molecule has 4 aliphatic rings. The number of nitrogens with zero attached hydrogens (tertiary/aromatic N) is 3. The van der Waals surface area contributed by atoms with Gasteiger partial charge in [0, 0.05) is 49.4 Å². The normalized spacial score (nSPS) is 24.6. The molecule has 1 aromatic heterocycles. The van der Waals surface area contributed by atoms with E-state index in [1.807, 2.05) is 4.90 Å². The van der Waals surface area contributed by atoms with Crippen molar-refractivity contribution in [2.24, 2.45) is 0 Å². The van der Waals surface area contributed by atoms with Crippen LogP contribution < -0.4 is 15.8 Å². The molecule has 0 aliphatic carbocycles. The molecule has 4 aliphatic heterocycles. The van der Waals surface area contributed by atoms with E-state index in [1.165, 1.54) is 17.2 Å². The van der Waals surface area contributed by atoms with E-state index in [4.69, 9.17) is 4.74 Å². The zero-order chi connectivity index (χ0) is 27.9. The molecule has 7 rings (SSSR count). The highest BCUT2D eigenvalue weighted by Crippen LogP contribution is 2.50. The molecule has 12 heteroatoms. The molecule has 0 bridgehead atoms. The number of hydrogen-bond donors (Lipinski definition) is 2. The summed E-state index contributed by atoms with van der Waals surface area (Å²) < 4.78 is 68.3. The Morgan fingerprint density at radius 1 is 1.05 bits per heavy atom. The van der Waals surface area contributed by atoms with Crippen molar-refractivity contribution in [2.45, 2.75) is 36.9 Å². The Morgan fingerprint density at radius 2 is 1.88 bits per heavy atom. The first-order valence-corrected chi connectivity index (χ1v) is 13.0. The number of halogens is 4. The Balaban J connectivity index is 1.41. The van der Waals surface area contributed by atoms with E-state index in [1.54, 1.807) is 18.2 Å². The van der Waals surface area contributed by atoms with Gasteiger partial charge in [0.1, 0.15) is 6.17 Å². The number of carbonyl (C=O) groups excluding carboxylic acids is 1. The zero-order valence-electron chi connectivity index (χ0n) is 21.0. The number of amides is 1. The number of morpholine rings is 1. The molecule has 0 radical (unpaired) electrons. The van der Waals surface area contributed by atoms with Gasteiger partial charge in [-0.15, -0.1) is 0 Å². The number of piperidine rings is 1. The van der Waals surface area contributed by atoms with Gasteiger partial charge in [0.2, 0.25) is 5.43 Å². The maximum atomic E-state index is 16.0. The van der Waals surface area contributed by atoms with Crippen LogP contribution in [0.5, 0.6) is 5.75 Å². The van der Waals surface area contributed by atoms with Crippen LogP contribution in [0.15, 0.2) is 47.4 Å². The Labute approximate surface area is 225 Å². The van der Waals surface area contributed by atoms with Crippen molar-refractivity contribution in [2.75, 3.05) is 36.6 Å². The minimum atomic E-state index is -3.25. The molecule has 0 saturated carbocycles. The average Bonchev–Trinajstić information content (AvgIpc) is 3.07. The third-order valence-electron chi connectivity index (χ3n) is 8.48. The lowest BCUT2D eigenvalue weighted by atomic mass is 9.79. The Hall–Kier alpha value is -4.06. The molecule has 5 heterocycles. The molecule has 2 N–H and O–H groups in total. The molecule has 1 amide bonds. The van der Waals surface area contributed by atoms with Crippen molar-refractivity contribution in [3.8, 4) is 5.75 Å². The number of ether oxygens (including phenoxy) is 1.